The smallest absolute Gasteiger partial charge is 0.0366 e. The number of nitrogens with zero attached hydrogens (tertiary/aromatic N) is 1. The molecule has 2 N–H and O–H groups in total. The Kier molecular flexibility index (Phi) is 5.86. The van der Waals surface area contributed by atoms with Crippen molar-refractivity contribution < 1.29 is 0 Å². The van der Waals surface area contributed by atoms with Crippen LogP contribution in [0.15, 0.2) is 30.3 Å². The summed E-state index contributed by atoms with van der Waals surface area (Å²) in [7, 11) is 0. The van der Waals surface area contributed by atoms with E-state index >= 15 is 0 Å². The number of benzene rings is 1. The van der Waals surface area contributed by atoms with Gasteiger partial charge in [-0.2, -0.15) is 0 Å². The lowest BCUT2D eigenvalue weighted by Crippen LogP contribution is -2.30. The van der Waals surface area contributed by atoms with Gasteiger partial charge >= 0.3 is 0 Å². The normalized spacial score (nSPS) is 10.3. The van der Waals surface area contributed by atoms with E-state index in [1.165, 1.54) is 24.9 Å². The van der Waals surface area contributed by atoms with E-state index < -0.39 is 0 Å². The van der Waals surface area contributed by atoms with Crippen LogP contribution in [-0.4, -0.2) is 19.6 Å². The van der Waals surface area contributed by atoms with E-state index in [0.29, 0.717) is 0 Å². The SMILES string of the molecule is CCCCCN(CCN)c1ccccc1. The van der Waals surface area contributed by atoms with Crippen molar-refractivity contribution in [3.05, 3.63) is 30.3 Å². The van der Waals surface area contributed by atoms with Gasteiger partial charge in [0.25, 0.3) is 0 Å². The zero-order valence-electron chi connectivity index (χ0n) is 9.65. The highest BCUT2D eigenvalue weighted by atomic mass is 15.1. The second-order valence-corrected chi connectivity index (χ2v) is 3.82. The molecular weight excluding hydrogens is 184 g/mol. The lowest BCUT2D eigenvalue weighted by atomic mass is 10.2. The fraction of sp³-hybridized carbons (Fsp3) is 0.538. The van der Waals surface area contributed by atoms with Crippen LogP contribution in [0, 0.1) is 0 Å². The number of unbranched alkanes of at least 4 members (excludes halogenated alkanes) is 2. The molecule has 1 aromatic carbocycles. The minimum absolute atomic E-state index is 0.723. The molecule has 0 unspecified atom stereocenters. The number of hydrogen-bond donors (Lipinski definition) is 1. The molecule has 1 rings (SSSR count). The number of nitrogens with two attached hydrogens (primary N) is 1. The molecule has 0 heterocycles. The van der Waals surface area contributed by atoms with E-state index in [1.807, 2.05) is 0 Å². The Morgan fingerprint density at radius 2 is 1.80 bits per heavy atom. The molecule has 0 saturated heterocycles. The Bertz CT molecular complexity index is 246. The molecule has 0 aliphatic rings. The zero-order chi connectivity index (χ0) is 10.9. The van der Waals surface area contributed by atoms with E-state index in [4.69, 9.17) is 5.73 Å². The number of para-hydroxylation sites is 1. The maximum atomic E-state index is 5.63. The number of hydrogen-bond acceptors (Lipinski definition) is 2. The van der Waals surface area contributed by atoms with Crippen molar-refractivity contribution in [3.63, 3.8) is 0 Å². The summed E-state index contributed by atoms with van der Waals surface area (Å²) in [5, 5.41) is 0. The van der Waals surface area contributed by atoms with Crippen LogP contribution in [0.2, 0.25) is 0 Å². The summed E-state index contributed by atoms with van der Waals surface area (Å²) in [5.74, 6) is 0. The highest BCUT2D eigenvalue weighted by Crippen LogP contribution is 2.13. The van der Waals surface area contributed by atoms with E-state index in [-0.39, 0.29) is 0 Å². The van der Waals surface area contributed by atoms with Crippen LogP contribution in [0.4, 0.5) is 5.69 Å². The average molecular weight is 206 g/mol. The molecule has 2 heteroatoms. The van der Waals surface area contributed by atoms with Gasteiger partial charge in [0.05, 0.1) is 0 Å². The molecule has 15 heavy (non-hydrogen) atoms. The van der Waals surface area contributed by atoms with Gasteiger partial charge < -0.3 is 10.6 Å². The van der Waals surface area contributed by atoms with Crippen molar-refractivity contribution in [1.29, 1.82) is 0 Å². The molecule has 0 spiro atoms. The summed E-state index contributed by atoms with van der Waals surface area (Å²) in [6.07, 6.45) is 3.82. The van der Waals surface area contributed by atoms with Crippen molar-refractivity contribution in [2.45, 2.75) is 26.2 Å². The largest absolute Gasteiger partial charge is 0.370 e. The van der Waals surface area contributed by atoms with Crippen molar-refractivity contribution in [1.82, 2.24) is 0 Å². The molecule has 0 atom stereocenters. The summed E-state index contributed by atoms with van der Waals surface area (Å²) in [6.45, 7) is 5.03. The predicted octanol–water partition coefficient (Wildman–Crippen LogP) is 2.64. The number of rotatable bonds is 7. The maximum absolute atomic E-state index is 5.63. The molecule has 0 aromatic heterocycles. The lowest BCUT2D eigenvalue weighted by Gasteiger charge is -2.24. The Morgan fingerprint density at radius 1 is 1.07 bits per heavy atom. The number of anilines is 1. The van der Waals surface area contributed by atoms with Crippen LogP contribution in [0.3, 0.4) is 0 Å². The van der Waals surface area contributed by atoms with Crippen LogP contribution in [-0.2, 0) is 0 Å². The monoisotopic (exact) mass is 206 g/mol. The molecule has 0 amide bonds. The molecule has 1 aromatic rings. The minimum Gasteiger partial charge on any atom is -0.370 e. The van der Waals surface area contributed by atoms with Crippen LogP contribution >= 0.6 is 0 Å². The van der Waals surface area contributed by atoms with E-state index in [1.54, 1.807) is 0 Å². The van der Waals surface area contributed by atoms with Gasteiger partial charge in [-0.15, -0.1) is 0 Å². The van der Waals surface area contributed by atoms with Gasteiger partial charge in [-0.3, -0.25) is 0 Å². The van der Waals surface area contributed by atoms with Gasteiger partial charge in [0, 0.05) is 25.3 Å². The quantitative estimate of drug-likeness (QED) is 0.695. The topological polar surface area (TPSA) is 29.3 Å². The zero-order valence-corrected chi connectivity index (χ0v) is 9.65. The summed E-state index contributed by atoms with van der Waals surface area (Å²) in [6, 6.07) is 10.5. The van der Waals surface area contributed by atoms with Crippen molar-refractivity contribution in [2.75, 3.05) is 24.5 Å². The van der Waals surface area contributed by atoms with E-state index in [2.05, 4.69) is 42.2 Å². The van der Waals surface area contributed by atoms with E-state index in [0.717, 1.165) is 19.6 Å². The van der Waals surface area contributed by atoms with Crippen LogP contribution < -0.4 is 10.6 Å². The van der Waals surface area contributed by atoms with Gasteiger partial charge in [-0.1, -0.05) is 38.0 Å². The molecule has 0 aliphatic heterocycles. The second-order valence-electron chi connectivity index (χ2n) is 3.82. The minimum atomic E-state index is 0.723. The summed E-state index contributed by atoms with van der Waals surface area (Å²) < 4.78 is 0. The molecule has 0 saturated carbocycles. The van der Waals surface area contributed by atoms with Crippen LogP contribution in [0.25, 0.3) is 0 Å². The first-order valence-electron chi connectivity index (χ1n) is 5.88. The van der Waals surface area contributed by atoms with Gasteiger partial charge in [0.1, 0.15) is 0 Å². The summed E-state index contributed by atoms with van der Waals surface area (Å²) in [4.78, 5) is 2.37. The molecule has 2 nitrogen and oxygen atoms in total. The molecule has 84 valence electrons. The van der Waals surface area contributed by atoms with Crippen LogP contribution in [0.1, 0.15) is 26.2 Å². The van der Waals surface area contributed by atoms with Crippen LogP contribution in [0.5, 0.6) is 0 Å². The molecule has 0 bridgehead atoms. The Morgan fingerprint density at radius 3 is 2.40 bits per heavy atom. The molecule has 0 fully saturated rings. The highest BCUT2D eigenvalue weighted by molar-refractivity contribution is 5.45. The van der Waals surface area contributed by atoms with Gasteiger partial charge in [-0.05, 0) is 18.6 Å². The van der Waals surface area contributed by atoms with Gasteiger partial charge in [0.2, 0.25) is 0 Å². The standard InChI is InChI=1S/C13H22N2/c1-2-3-7-11-15(12-10-14)13-8-5-4-6-9-13/h4-6,8-9H,2-3,7,10-12,14H2,1H3. The third-order valence-corrected chi connectivity index (χ3v) is 2.55. The molecule has 0 aliphatic carbocycles. The maximum Gasteiger partial charge on any atom is 0.0366 e. The highest BCUT2D eigenvalue weighted by Gasteiger charge is 2.03. The third-order valence-electron chi connectivity index (χ3n) is 2.55. The Labute approximate surface area is 93.1 Å². The second kappa shape index (κ2) is 7.30. The Hall–Kier alpha value is -1.02. The average Bonchev–Trinajstić information content (AvgIpc) is 2.29. The van der Waals surface area contributed by atoms with Crippen molar-refractivity contribution in [2.24, 2.45) is 5.73 Å². The summed E-state index contributed by atoms with van der Waals surface area (Å²) in [5.41, 5.74) is 6.92. The molecular formula is C13H22N2. The first-order chi connectivity index (χ1) is 7.38. The first kappa shape index (κ1) is 12.1. The summed E-state index contributed by atoms with van der Waals surface area (Å²) >= 11 is 0. The lowest BCUT2D eigenvalue weighted by molar-refractivity contribution is 0.676. The van der Waals surface area contributed by atoms with Gasteiger partial charge in [-0.25, -0.2) is 0 Å². The van der Waals surface area contributed by atoms with Crippen molar-refractivity contribution in [3.8, 4) is 0 Å². The van der Waals surface area contributed by atoms with Gasteiger partial charge in [0.15, 0.2) is 0 Å². The fourth-order valence-corrected chi connectivity index (χ4v) is 1.72. The Balaban J connectivity index is 2.50. The van der Waals surface area contributed by atoms with Crippen molar-refractivity contribution >= 4 is 5.69 Å². The molecule has 0 radical (unpaired) electrons. The third kappa shape index (κ3) is 4.34. The fourth-order valence-electron chi connectivity index (χ4n) is 1.72. The predicted molar refractivity (Wildman–Crippen MR) is 67.2 cm³/mol. The van der Waals surface area contributed by atoms with E-state index in [9.17, 15) is 0 Å². The first-order valence-corrected chi connectivity index (χ1v) is 5.88.